The number of carbonyl (C=O) groups is 3. The van der Waals surface area contributed by atoms with Gasteiger partial charge in [0.2, 0.25) is 0 Å². The fraction of sp³-hybridized carbons (Fsp3) is 0.350. The van der Waals surface area contributed by atoms with Crippen LogP contribution in [0.1, 0.15) is 39.7 Å². The number of carbonyl (C=O) groups excluding carboxylic acids is 3. The second-order valence-electron chi connectivity index (χ2n) is 6.66. The van der Waals surface area contributed by atoms with Gasteiger partial charge in [-0.05, 0) is 56.4 Å². The molecule has 0 radical (unpaired) electrons. The molecule has 8 heteroatoms. The highest BCUT2D eigenvalue weighted by atomic mass is 32.1. The molecule has 28 heavy (non-hydrogen) atoms. The number of benzene rings is 1. The molecular formula is C20H22N2O5S. The second-order valence-corrected chi connectivity index (χ2v) is 7.76. The van der Waals surface area contributed by atoms with Crippen molar-refractivity contribution < 1.29 is 23.9 Å². The van der Waals surface area contributed by atoms with Crippen LogP contribution in [0.3, 0.4) is 0 Å². The molecule has 1 atom stereocenters. The third-order valence-electron chi connectivity index (χ3n) is 4.40. The standard InChI is InChI=1S/C20H22N2O5S/c1-11-5-3-6-13(9-11)27-12(2)20(25)26-10-16(23)22-19-17(18(21)24)14-7-4-8-15(14)28-19/h3,5-6,9,12H,4,7-8,10H2,1-2H3,(H2,21,24)(H,22,23). The minimum atomic E-state index is -0.860. The summed E-state index contributed by atoms with van der Waals surface area (Å²) < 4.78 is 10.6. The van der Waals surface area contributed by atoms with E-state index in [-0.39, 0.29) is 0 Å². The first-order valence-corrected chi connectivity index (χ1v) is 9.81. The van der Waals surface area contributed by atoms with Crippen LogP contribution in [-0.2, 0) is 27.2 Å². The van der Waals surface area contributed by atoms with Crippen molar-refractivity contribution in [2.24, 2.45) is 5.73 Å². The molecule has 7 nitrogen and oxygen atoms in total. The van der Waals surface area contributed by atoms with E-state index in [4.69, 9.17) is 15.2 Å². The fourth-order valence-corrected chi connectivity index (χ4v) is 4.42. The summed E-state index contributed by atoms with van der Waals surface area (Å²) in [6, 6.07) is 7.29. The van der Waals surface area contributed by atoms with Gasteiger partial charge < -0.3 is 20.5 Å². The van der Waals surface area contributed by atoms with Crippen LogP contribution in [-0.4, -0.2) is 30.5 Å². The Balaban J connectivity index is 1.54. The summed E-state index contributed by atoms with van der Waals surface area (Å²) in [6.45, 7) is 3.00. The Kier molecular flexibility index (Phi) is 5.99. The zero-order chi connectivity index (χ0) is 20.3. The maximum absolute atomic E-state index is 12.2. The van der Waals surface area contributed by atoms with Crippen molar-refractivity contribution >= 4 is 34.1 Å². The van der Waals surface area contributed by atoms with Crippen molar-refractivity contribution in [1.82, 2.24) is 0 Å². The van der Waals surface area contributed by atoms with Crippen molar-refractivity contribution in [3.05, 3.63) is 45.8 Å². The Morgan fingerprint density at radius 1 is 1.29 bits per heavy atom. The van der Waals surface area contributed by atoms with Crippen LogP contribution in [0.15, 0.2) is 24.3 Å². The second kappa shape index (κ2) is 8.43. The highest BCUT2D eigenvalue weighted by molar-refractivity contribution is 7.17. The van der Waals surface area contributed by atoms with E-state index in [0.717, 1.165) is 35.3 Å². The highest BCUT2D eigenvalue weighted by Crippen LogP contribution is 2.38. The maximum atomic E-state index is 12.2. The zero-order valence-corrected chi connectivity index (χ0v) is 16.6. The lowest BCUT2D eigenvalue weighted by molar-refractivity contribution is -0.153. The van der Waals surface area contributed by atoms with Gasteiger partial charge in [0.25, 0.3) is 11.8 Å². The van der Waals surface area contributed by atoms with Gasteiger partial charge in [-0.1, -0.05) is 12.1 Å². The lowest BCUT2D eigenvalue weighted by Crippen LogP contribution is -2.30. The molecule has 1 aliphatic carbocycles. The topological polar surface area (TPSA) is 108 Å². The third-order valence-corrected chi connectivity index (χ3v) is 5.61. The summed E-state index contributed by atoms with van der Waals surface area (Å²) in [5.41, 5.74) is 7.76. The number of hydrogen-bond acceptors (Lipinski definition) is 6. The lowest BCUT2D eigenvalue weighted by atomic mass is 10.1. The van der Waals surface area contributed by atoms with Crippen molar-refractivity contribution in [3.63, 3.8) is 0 Å². The van der Waals surface area contributed by atoms with Crippen LogP contribution >= 0.6 is 11.3 Å². The molecule has 0 spiro atoms. The van der Waals surface area contributed by atoms with Crippen LogP contribution in [0.5, 0.6) is 5.75 Å². The number of primary amides is 1. The minimum Gasteiger partial charge on any atom is -0.479 e. The SMILES string of the molecule is Cc1cccc(OC(C)C(=O)OCC(=O)Nc2sc3c(c2C(N)=O)CCC3)c1. The van der Waals surface area contributed by atoms with E-state index in [2.05, 4.69) is 5.32 Å². The van der Waals surface area contributed by atoms with E-state index in [1.54, 1.807) is 19.1 Å². The number of aryl methyl sites for hydroxylation is 2. The van der Waals surface area contributed by atoms with Crippen LogP contribution in [0.4, 0.5) is 5.00 Å². The van der Waals surface area contributed by atoms with Crippen LogP contribution < -0.4 is 15.8 Å². The maximum Gasteiger partial charge on any atom is 0.347 e. The molecule has 3 N–H and O–H groups in total. The molecule has 1 aliphatic rings. The number of esters is 1. The van der Waals surface area contributed by atoms with Crippen molar-refractivity contribution in [2.45, 2.75) is 39.2 Å². The molecule has 1 aromatic heterocycles. The number of fused-ring (bicyclic) bond motifs is 1. The number of hydrogen-bond donors (Lipinski definition) is 2. The van der Waals surface area contributed by atoms with Crippen molar-refractivity contribution in [3.8, 4) is 5.75 Å². The zero-order valence-electron chi connectivity index (χ0n) is 15.7. The van der Waals surface area contributed by atoms with Gasteiger partial charge in [-0.3, -0.25) is 9.59 Å². The van der Waals surface area contributed by atoms with E-state index >= 15 is 0 Å². The van der Waals surface area contributed by atoms with Gasteiger partial charge in [-0.2, -0.15) is 0 Å². The smallest absolute Gasteiger partial charge is 0.347 e. The molecule has 1 heterocycles. The van der Waals surface area contributed by atoms with Gasteiger partial charge in [0.15, 0.2) is 12.7 Å². The number of amides is 2. The normalized spacial score (nSPS) is 13.5. The predicted octanol–water partition coefficient (Wildman–Crippen LogP) is 2.59. The van der Waals surface area contributed by atoms with Gasteiger partial charge in [-0.15, -0.1) is 11.3 Å². The number of nitrogens with one attached hydrogen (secondary N) is 1. The van der Waals surface area contributed by atoms with Gasteiger partial charge in [-0.25, -0.2) is 4.79 Å². The van der Waals surface area contributed by atoms with E-state index in [1.165, 1.54) is 11.3 Å². The van der Waals surface area contributed by atoms with Gasteiger partial charge >= 0.3 is 5.97 Å². The summed E-state index contributed by atoms with van der Waals surface area (Å²) in [5, 5.41) is 3.05. The lowest BCUT2D eigenvalue weighted by Gasteiger charge is -2.14. The summed E-state index contributed by atoms with van der Waals surface area (Å²) in [4.78, 5) is 37.1. The van der Waals surface area contributed by atoms with Crippen LogP contribution in [0.2, 0.25) is 0 Å². The fourth-order valence-electron chi connectivity index (χ4n) is 3.11. The number of rotatable bonds is 7. The molecule has 0 bridgehead atoms. The molecule has 0 saturated carbocycles. The first kappa shape index (κ1) is 19.9. The Hall–Kier alpha value is -2.87. The van der Waals surface area contributed by atoms with Gasteiger partial charge in [0.05, 0.1) is 5.56 Å². The molecule has 0 saturated heterocycles. The summed E-state index contributed by atoms with van der Waals surface area (Å²) in [6.07, 6.45) is 1.77. The number of ether oxygens (including phenoxy) is 2. The first-order valence-electron chi connectivity index (χ1n) is 8.99. The predicted molar refractivity (Wildman–Crippen MR) is 106 cm³/mol. The van der Waals surface area contributed by atoms with Crippen LogP contribution in [0.25, 0.3) is 0 Å². The average Bonchev–Trinajstić information content (AvgIpc) is 3.19. The number of anilines is 1. The molecule has 148 valence electrons. The van der Waals surface area contributed by atoms with E-state index in [9.17, 15) is 14.4 Å². The quantitative estimate of drug-likeness (QED) is 0.692. The van der Waals surface area contributed by atoms with E-state index in [1.807, 2.05) is 19.1 Å². The summed E-state index contributed by atoms with van der Waals surface area (Å²) >= 11 is 1.35. The highest BCUT2D eigenvalue weighted by Gasteiger charge is 2.26. The molecule has 0 fully saturated rings. The Bertz CT molecular complexity index is 921. The van der Waals surface area contributed by atoms with Crippen LogP contribution in [0, 0.1) is 6.92 Å². The number of thiophene rings is 1. The Morgan fingerprint density at radius 2 is 2.07 bits per heavy atom. The molecule has 1 aromatic carbocycles. The van der Waals surface area contributed by atoms with E-state index in [0.29, 0.717) is 16.3 Å². The average molecular weight is 402 g/mol. The van der Waals surface area contributed by atoms with Gasteiger partial charge in [0, 0.05) is 4.88 Å². The molecule has 3 rings (SSSR count). The molecule has 2 amide bonds. The third kappa shape index (κ3) is 4.51. The molecule has 2 aromatic rings. The van der Waals surface area contributed by atoms with E-state index < -0.39 is 30.5 Å². The Morgan fingerprint density at radius 3 is 2.79 bits per heavy atom. The monoisotopic (exact) mass is 402 g/mol. The minimum absolute atomic E-state index is 0.369. The van der Waals surface area contributed by atoms with Crippen molar-refractivity contribution in [1.29, 1.82) is 0 Å². The molecular weight excluding hydrogens is 380 g/mol. The first-order chi connectivity index (χ1) is 13.3. The molecule has 0 aliphatic heterocycles. The summed E-state index contributed by atoms with van der Waals surface area (Å²) in [5.74, 6) is -1.20. The van der Waals surface area contributed by atoms with Gasteiger partial charge in [0.1, 0.15) is 10.8 Å². The molecule has 1 unspecified atom stereocenters. The van der Waals surface area contributed by atoms with Crippen molar-refractivity contribution in [2.75, 3.05) is 11.9 Å². The number of nitrogens with two attached hydrogens (primary N) is 1. The Labute approximate surface area is 166 Å². The summed E-state index contributed by atoms with van der Waals surface area (Å²) in [7, 11) is 0. The largest absolute Gasteiger partial charge is 0.479 e.